The Hall–Kier alpha value is -1.15. The first-order valence-electron chi connectivity index (χ1n) is 4.41. The van der Waals surface area contributed by atoms with Gasteiger partial charge in [-0.2, -0.15) is 0 Å². The van der Waals surface area contributed by atoms with Crippen molar-refractivity contribution in [3.63, 3.8) is 0 Å². The summed E-state index contributed by atoms with van der Waals surface area (Å²) >= 11 is 0. The molecule has 68 valence electrons. The minimum Gasteiger partial charge on any atom is -0.385 e. The van der Waals surface area contributed by atoms with E-state index in [9.17, 15) is 9.90 Å². The maximum Gasteiger partial charge on any atom is 0.169 e. The van der Waals surface area contributed by atoms with E-state index in [1.54, 1.807) is 19.9 Å². The number of Topliss-reactive ketones (excluding diaryl/α,β-unsaturated/α-hetero) is 1. The first-order chi connectivity index (χ1) is 6.05. The Bertz CT molecular complexity index is 366. The van der Waals surface area contributed by atoms with Gasteiger partial charge in [0, 0.05) is 5.56 Å². The predicted octanol–water partition coefficient (Wildman–Crippen LogP) is 1.73. The van der Waals surface area contributed by atoms with Gasteiger partial charge in [-0.1, -0.05) is 31.2 Å². The molecule has 2 atom stereocenters. The second-order valence-corrected chi connectivity index (χ2v) is 3.78. The zero-order chi connectivity index (χ0) is 9.64. The molecule has 1 aliphatic rings. The maximum atomic E-state index is 11.7. The Labute approximate surface area is 77.2 Å². The van der Waals surface area contributed by atoms with E-state index in [-0.39, 0.29) is 11.7 Å². The fourth-order valence-electron chi connectivity index (χ4n) is 1.86. The largest absolute Gasteiger partial charge is 0.385 e. The molecule has 0 radical (unpaired) electrons. The molecule has 2 rings (SSSR count). The molecular weight excluding hydrogens is 164 g/mol. The molecule has 0 bridgehead atoms. The van der Waals surface area contributed by atoms with E-state index in [2.05, 4.69) is 0 Å². The van der Waals surface area contributed by atoms with E-state index < -0.39 is 5.60 Å². The lowest BCUT2D eigenvalue weighted by atomic mass is 9.91. The molecule has 1 N–H and O–H groups in total. The molecule has 1 aliphatic carbocycles. The van der Waals surface area contributed by atoms with Gasteiger partial charge in [-0.15, -0.1) is 0 Å². The van der Waals surface area contributed by atoms with Crippen molar-refractivity contribution in [3.05, 3.63) is 35.4 Å². The fourth-order valence-corrected chi connectivity index (χ4v) is 1.86. The monoisotopic (exact) mass is 176 g/mol. The first kappa shape index (κ1) is 8.45. The zero-order valence-electron chi connectivity index (χ0n) is 7.74. The van der Waals surface area contributed by atoms with Crippen LogP contribution in [-0.2, 0) is 5.60 Å². The first-order valence-corrected chi connectivity index (χ1v) is 4.41. The molecule has 0 aromatic heterocycles. The Morgan fingerprint density at radius 2 is 2.00 bits per heavy atom. The molecule has 0 heterocycles. The van der Waals surface area contributed by atoms with Gasteiger partial charge in [0.2, 0.25) is 0 Å². The van der Waals surface area contributed by atoms with Crippen molar-refractivity contribution in [2.75, 3.05) is 0 Å². The maximum absolute atomic E-state index is 11.7. The second-order valence-electron chi connectivity index (χ2n) is 3.78. The molecule has 2 heteroatoms. The molecule has 2 unspecified atom stereocenters. The molecular formula is C11H12O2. The Morgan fingerprint density at radius 1 is 1.38 bits per heavy atom. The van der Waals surface area contributed by atoms with E-state index in [0.29, 0.717) is 5.56 Å². The summed E-state index contributed by atoms with van der Waals surface area (Å²) in [5.41, 5.74) is 0.431. The lowest BCUT2D eigenvalue weighted by Gasteiger charge is -2.21. The number of hydrogen-bond donors (Lipinski definition) is 1. The molecule has 1 aromatic rings. The number of benzene rings is 1. The van der Waals surface area contributed by atoms with Gasteiger partial charge in [0.05, 0.1) is 11.5 Å². The minimum atomic E-state index is -0.992. The number of hydrogen-bond acceptors (Lipinski definition) is 2. The van der Waals surface area contributed by atoms with Crippen molar-refractivity contribution in [2.24, 2.45) is 5.92 Å². The van der Waals surface area contributed by atoms with Gasteiger partial charge in [-0.05, 0) is 12.5 Å². The molecule has 0 saturated carbocycles. The number of carbonyl (C=O) groups excluding carboxylic acids is 1. The fraction of sp³-hybridized carbons (Fsp3) is 0.364. The highest BCUT2D eigenvalue weighted by Gasteiger charge is 2.44. The summed E-state index contributed by atoms with van der Waals surface area (Å²) in [7, 11) is 0. The third-order valence-electron chi connectivity index (χ3n) is 2.97. The average molecular weight is 176 g/mol. The number of fused-ring (bicyclic) bond motifs is 1. The third-order valence-corrected chi connectivity index (χ3v) is 2.97. The number of carbonyl (C=O) groups is 1. The predicted molar refractivity (Wildman–Crippen MR) is 49.5 cm³/mol. The Kier molecular flexibility index (Phi) is 1.57. The summed E-state index contributed by atoms with van der Waals surface area (Å²) in [4.78, 5) is 11.7. The van der Waals surface area contributed by atoms with Crippen LogP contribution in [0.3, 0.4) is 0 Å². The summed E-state index contributed by atoms with van der Waals surface area (Å²) in [5, 5.41) is 10.1. The van der Waals surface area contributed by atoms with Gasteiger partial charge in [0.15, 0.2) is 5.78 Å². The highest BCUT2D eigenvalue weighted by atomic mass is 16.3. The molecule has 1 aromatic carbocycles. The highest BCUT2D eigenvalue weighted by Crippen LogP contribution is 2.40. The van der Waals surface area contributed by atoms with Crippen LogP contribution in [0.5, 0.6) is 0 Å². The molecule has 0 saturated heterocycles. The van der Waals surface area contributed by atoms with Crippen LogP contribution in [0.15, 0.2) is 24.3 Å². The van der Waals surface area contributed by atoms with Crippen LogP contribution in [0.25, 0.3) is 0 Å². The Morgan fingerprint density at radius 3 is 2.62 bits per heavy atom. The van der Waals surface area contributed by atoms with Crippen LogP contribution in [0.2, 0.25) is 0 Å². The zero-order valence-corrected chi connectivity index (χ0v) is 7.74. The van der Waals surface area contributed by atoms with Crippen LogP contribution < -0.4 is 0 Å². The highest BCUT2D eigenvalue weighted by molar-refractivity contribution is 6.03. The van der Waals surface area contributed by atoms with Gasteiger partial charge in [0.25, 0.3) is 0 Å². The van der Waals surface area contributed by atoms with Gasteiger partial charge in [-0.3, -0.25) is 4.79 Å². The Balaban J connectivity index is 2.68. The van der Waals surface area contributed by atoms with Crippen molar-refractivity contribution in [1.82, 2.24) is 0 Å². The van der Waals surface area contributed by atoms with Crippen molar-refractivity contribution >= 4 is 5.78 Å². The van der Waals surface area contributed by atoms with Crippen LogP contribution in [0.1, 0.15) is 29.8 Å². The quantitative estimate of drug-likeness (QED) is 0.653. The summed E-state index contributed by atoms with van der Waals surface area (Å²) in [6.07, 6.45) is 0. The lowest BCUT2D eigenvalue weighted by Crippen LogP contribution is -2.27. The van der Waals surface area contributed by atoms with Gasteiger partial charge in [-0.25, -0.2) is 0 Å². The number of ketones is 1. The summed E-state index contributed by atoms with van der Waals surface area (Å²) in [6, 6.07) is 7.26. The third kappa shape index (κ3) is 0.954. The molecule has 0 aliphatic heterocycles. The standard InChI is InChI=1S/C11H12O2/c1-7-10(12)8-5-3-4-6-9(8)11(7,2)13/h3-7,13H,1-2H3. The van der Waals surface area contributed by atoms with Crippen molar-refractivity contribution in [3.8, 4) is 0 Å². The number of rotatable bonds is 0. The van der Waals surface area contributed by atoms with E-state index in [1.165, 1.54) is 0 Å². The average Bonchev–Trinajstić information content (AvgIpc) is 2.30. The van der Waals surface area contributed by atoms with Gasteiger partial charge in [0.1, 0.15) is 0 Å². The number of aliphatic hydroxyl groups is 1. The smallest absolute Gasteiger partial charge is 0.169 e. The van der Waals surface area contributed by atoms with Crippen LogP contribution in [0, 0.1) is 5.92 Å². The summed E-state index contributed by atoms with van der Waals surface area (Å²) in [5.74, 6) is -0.287. The SMILES string of the molecule is CC1C(=O)c2ccccc2C1(C)O. The van der Waals surface area contributed by atoms with Gasteiger partial charge >= 0.3 is 0 Å². The summed E-state index contributed by atoms with van der Waals surface area (Å²) < 4.78 is 0. The summed E-state index contributed by atoms with van der Waals surface area (Å²) in [6.45, 7) is 3.46. The molecule has 13 heavy (non-hydrogen) atoms. The van der Waals surface area contributed by atoms with E-state index in [0.717, 1.165) is 5.56 Å². The molecule has 0 fully saturated rings. The van der Waals surface area contributed by atoms with E-state index in [4.69, 9.17) is 0 Å². The molecule has 0 amide bonds. The normalized spacial score (nSPS) is 31.9. The molecule has 2 nitrogen and oxygen atoms in total. The lowest BCUT2D eigenvalue weighted by molar-refractivity contribution is 0.0172. The van der Waals surface area contributed by atoms with Crippen LogP contribution >= 0.6 is 0 Å². The minimum absolute atomic E-state index is 0.0422. The van der Waals surface area contributed by atoms with Crippen molar-refractivity contribution in [2.45, 2.75) is 19.4 Å². The van der Waals surface area contributed by atoms with E-state index >= 15 is 0 Å². The van der Waals surface area contributed by atoms with Crippen molar-refractivity contribution in [1.29, 1.82) is 0 Å². The van der Waals surface area contributed by atoms with Crippen molar-refractivity contribution < 1.29 is 9.90 Å². The topological polar surface area (TPSA) is 37.3 Å². The van der Waals surface area contributed by atoms with E-state index in [1.807, 2.05) is 18.2 Å². The molecule has 0 spiro atoms. The van der Waals surface area contributed by atoms with Crippen LogP contribution in [-0.4, -0.2) is 10.9 Å². The van der Waals surface area contributed by atoms with Gasteiger partial charge < -0.3 is 5.11 Å². The second kappa shape index (κ2) is 2.42. The van der Waals surface area contributed by atoms with Crippen LogP contribution in [0.4, 0.5) is 0 Å².